The molecule has 0 fully saturated rings. The molecule has 16 heavy (non-hydrogen) atoms. The van der Waals surface area contributed by atoms with E-state index in [0.717, 1.165) is 0 Å². The number of aliphatic hydroxyl groups is 1. The average molecular weight is 300 g/mol. The molecule has 8 heteroatoms. The Balaban J connectivity index is 2.62. The van der Waals surface area contributed by atoms with Crippen LogP contribution in [0.15, 0.2) is 16.7 Å². The number of alkyl halides is 3. The summed E-state index contributed by atoms with van der Waals surface area (Å²) >= 11 is 3.11. The minimum Gasteiger partial charge on any atom is -0.396 e. The molecule has 4 nitrogen and oxygen atoms in total. The van der Waals surface area contributed by atoms with Gasteiger partial charge in [0, 0.05) is 10.7 Å². The molecule has 90 valence electrons. The number of nitrogens with one attached hydrogen (secondary N) is 1. The van der Waals surface area contributed by atoms with E-state index in [1.54, 1.807) is 0 Å². The van der Waals surface area contributed by atoms with Gasteiger partial charge < -0.3 is 16.2 Å². The molecule has 1 unspecified atom stereocenters. The molecule has 0 spiro atoms. The SMILES string of the molecule is Nc1cc(Br)cnc1NCC(O)C(F)(F)F. The summed E-state index contributed by atoms with van der Waals surface area (Å²) in [4.78, 5) is 3.77. The lowest BCUT2D eigenvalue weighted by atomic mass is 10.3. The predicted molar refractivity (Wildman–Crippen MR) is 56.9 cm³/mol. The van der Waals surface area contributed by atoms with Crippen LogP contribution in [-0.2, 0) is 0 Å². The molecular formula is C8H9BrF3N3O. The van der Waals surface area contributed by atoms with Crippen LogP contribution in [0.4, 0.5) is 24.7 Å². The van der Waals surface area contributed by atoms with Crippen molar-refractivity contribution in [3.05, 3.63) is 16.7 Å². The zero-order valence-corrected chi connectivity index (χ0v) is 9.51. The van der Waals surface area contributed by atoms with E-state index in [9.17, 15) is 13.2 Å². The Hall–Kier alpha value is -1.02. The normalized spacial score (nSPS) is 13.6. The molecule has 0 aliphatic rings. The molecule has 1 rings (SSSR count). The van der Waals surface area contributed by atoms with Gasteiger partial charge in [0.05, 0.1) is 12.2 Å². The van der Waals surface area contributed by atoms with Crippen LogP contribution in [0.1, 0.15) is 0 Å². The second-order valence-electron chi connectivity index (χ2n) is 3.03. The summed E-state index contributed by atoms with van der Waals surface area (Å²) in [5.41, 5.74) is 5.70. The third kappa shape index (κ3) is 3.53. The van der Waals surface area contributed by atoms with Crippen molar-refractivity contribution in [2.24, 2.45) is 0 Å². The summed E-state index contributed by atoms with van der Waals surface area (Å²) in [6.07, 6.45) is -5.71. The highest BCUT2D eigenvalue weighted by atomic mass is 79.9. The molecule has 0 saturated carbocycles. The average Bonchev–Trinajstić information content (AvgIpc) is 2.14. The lowest BCUT2D eigenvalue weighted by molar-refractivity contribution is -0.198. The Labute approximate surface area is 97.8 Å². The van der Waals surface area contributed by atoms with Crippen molar-refractivity contribution in [3.63, 3.8) is 0 Å². The fraction of sp³-hybridized carbons (Fsp3) is 0.375. The molecule has 0 radical (unpaired) electrons. The van der Waals surface area contributed by atoms with Gasteiger partial charge in [-0.1, -0.05) is 0 Å². The molecule has 1 heterocycles. The number of nitrogens with zero attached hydrogens (tertiary/aromatic N) is 1. The summed E-state index contributed by atoms with van der Waals surface area (Å²) in [5, 5.41) is 11.0. The highest BCUT2D eigenvalue weighted by Gasteiger charge is 2.37. The van der Waals surface area contributed by atoms with Gasteiger partial charge >= 0.3 is 6.18 Å². The number of rotatable bonds is 3. The number of nitrogens with two attached hydrogens (primary N) is 1. The number of aromatic nitrogens is 1. The Morgan fingerprint density at radius 3 is 2.69 bits per heavy atom. The van der Waals surface area contributed by atoms with E-state index >= 15 is 0 Å². The Morgan fingerprint density at radius 1 is 1.56 bits per heavy atom. The zero-order chi connectivity index (χ0) is 12.3. The van der Waals surface area contributed by atoms with Crippen molar-refractivity contribution in [1.82, 2.24) is 4.98 Å². The van der Waals surface area contributed by atoms with Crippen molar-refractivity contribution >= 4 is 27.4 Å². The zero-order valence-electron chi connectivity index (χ0n) is 7.92. The van der Waals surface area contributed by atoms with E-state index in [4.69, 9.17) is 10.8 Å². The van der Waals surface area contributed by atoms with Gasteiger partial charge in [0.2, 0.25) is 0 Å². The van der Waals surface area contributed by atoms with Crippen LogP contribution in [0.3, 0.4) is 0 Å². The molecule has 1 atom stereocenters. The Bertz CT molecular complexity index is 372. The Morgan fingerprint density at radius 2 is 2.19 bits per heavy atom. The van der Waals surface area contributed by atoms with Crippen LogP contribution in [-0.4, -0.2) is 28.9 Å². The fourth-order valence-electron chi connectivity index (χ4n) is 0.912. The molecule has 1 aromatic heterocycles. The standard InChI is InChI=1S/C8H9BrF3N3O/c9-4-1-5(13)7(14-2-4)15-3-6(16)8(10,11)12/h1-2,6,16H,3,13H2,(H,14,15). The number of hydrogen-bond acceptors (Lipinski definition) is 4. The third-order valence-electron chi connectivity index (χ3n) is 1.72. The van der Waals surface area contributed by atoms with E-state index in [1.807, 2.05) is 0 Å². The molecule has 0 aliphatic heterocycles. The summed E-state index contributed by atoms with van der Waals surface area (Å²) in [7, 11) is 0. The molecule has 0 amide bonds. The monoisotopic (exact) mass is 299 g/mol. The first-order chi connectivity index (χ1) is 7.30. The number of aliphatic hydroxyl groups excluding tert-OH is 1. The van der Waals surface area contributed by atoms with E-state index < -0.39 is 18.8 Å². The van der Waals surface area contributed by atoms with E-state index in [0.29, 0.717) is 4.47 Å². The first-order valence-corrected chi connectivity index (χ1v) is 4.99. The predicted octanol–water partition coefficient (Wildman–Crippen LogP) is 1.76. The number of pyridine rings is 1. The van der Waals surface area contributed by atoms with Crippen molar-refractivity contribution < 1.29 is 18.3 Å². The van der Waals surface area contributed by atoms with Gasteiger partial charge in [-0.3, -0.25) is 0 Å². The highest BCUT2D eigenvalue weighted by Crippen LogP contribution is 2.22. The minimum absolute atomic E-state index is 0.103. The van der Waals surface area contributed by atoms with Gasteiger partial charge in [0.15, 0.2) is 6.10 Å². The van der Waals surface area contributed by atoms with Crippen molar-refractivity contribution in [2.45, 2.75) is 12.3 Å². The summed E-state index contributed by atoms with van der Waals surface area (Å²) in [5.74, 6) is 0.103. The maximum absolute atomic E-state index is 12.0. The molecule has 4 N–H and O–H groups in total. The minimum atomic E-state index is -4.66. The van der Waals surface area contributed by atoms with Crippen molar-refractivity contribution in [1.29, 1.82) is 0 Å². The molecule has 0 aromatic carbocycles. The second-order valence-corrected chi connectivity index (χ2v) is 3.95. The van der Waals surface area contributed by atoms with Crippen molar-refractivity contribution in [3.8, 4) is 0 Å². The van der Waals surface area contributed by atoms with Gasteiger partial charge in [-0.05, 0) is 22.0 Å². The lowest BCUT2D eigenvalue weighted by Gasteiger charge is -2.16. The van der Waals surface area contributed by atoms with Crippen LogP contribution >= 0.6 is 15.9 Å². The quantitative estimate of drug-likeness (QED) is 0.795. The van der Waals surface area contributed by atoms with E-state index in [-0.39, 0.29) is 11.5 Å². The molecular weight excluding hydrogens is 291 g/mol. The fourth-order valence-corrected chi connectivity index (χ4v) is 1.26. The van der Waals surface area contributed by atoms with Crippen LogP contribution in [0.2, 0.25) is 0 Å². The van der Waals surface area contributed by atoms with Crippen molar-refractivity contribution in [2.75, 3.05) is 17.6 Å². The van der Waals surface area contributed by atoms with Crippen LogP contribution in [0, 0.1) is 0 Å². The largest absolute Gasteiger partial charge is 0.416 e. The van der Waals surface area contributed by atoms with Gasteiger partial charge in [-0.15, -0.1) is 0 Å². The maximum Gasteiger partial charge on any atom is 0.416 e. The first kappa shape index (κ1) is 13.0. The first-order valence-electron chi connectivity index (χ1n) is 4.20. The smallest absolute Gasteiger partial charge is 0.396 e. The van der Waals surface area contributed by atoms with Gasteiger partial charge in [0.25, 0.3) is 0 Å². The van der Waals surface area contributed by atoms with Crippen LogP contribution in [0.25, 0.3) is 0 Å². The molecule has 0 bridgehead atoms. The van der Waals surface area contributed by atoms with E-state index in [2.05, 4.69) is 26.2 Å². The number of hydrogen-bond donors (Lipinski definition) is 3. The summed E-state index contributed by atoms with van der Waals surface area (Å²) in [6.45, 7) is -0.692. The number of halogens is 4. The summed E-state index contributed by atoms with van der Waals surface area (Å²) < 4.78 is 36.5. The number of nitrogen functional groups attached to an aromatic ring is 1. The highest BCUT2D eigenvalue weighted by molar-refractivity contribution is 9.10. The maximum atomic E-state index is 12.0. The van der Waals surface area contributed by atoms with Gasteiger partial charge in [-0.25, -0.2) is 4.98 Å². The van der Waals surface area contributed by atoms with Crippen LogP contribution < -0.4 is 11.1 Å². The molecule has 1 aromatic rings. The van der Waals surface area contributed by atoms with Crippen LogP contribution in [0.5, 0.6) is 0 Å². The summed E-state index contributed by atoms with van der Waals surface area (Å²) in [6, 6.07) is 1.50. The molecule has 0 aliphatic carbocycles. The third-order valence-corrected chi connectivity index (χ3v) is 2.16. The Kier molecular flexibility index (Phi) is 3.98. The van der Waals surface area contributed by atoms with Gasteiger partial charge in [-0.2, -0.15) is 13.2 Å². The lowest BCUT2D eigenvalue weighted by Crippen LogP contribution is -2.35. The molecule has 0 saturated heterocycles. The van der Waals surface area contributed by atoms with E-state index in [1.165, 1.54) is 12.3 Å². The second kappa shape index (κ2) is 4.88. The topological polar surface area (TPSA) is 71.2 Å². The number of anilines is 2. The van der Waals surface area contributed by atoms with Gasteiger partial charge in [0.1, 0.15) is 5.82 Å².